The van der Waals surface area contributed by atoms with Gasteiger partial charge in [-0.3, -0.25) is 28.8 Å². The molecule has 0 heterocycles. The van der Waals surface area contributed by atoms with Crippen LogP contribution in [-0.2, 0) is 27.6 Å². The van der Waals surface area contributed by atoms with Crippen molar-refractivity contribution in [3.63, 3.8) is 0 Å². The van der Waals surface area contributed by atoms with E-state index in [4.69, 9.17) is 9.47 Å². The van der Waals surface area contributed by atoms with Crippen LogP contribution in [0.3, 0.4) is 0 Å². The van der Waals surface area contributed by atoms with E-state index in [1.54, 1.807) is 55.7 Å². The van der Waals surface area contributed by atoms with Gasteiger partial charge in [-0.1, -0.05) is 36.4 Å². The Labute approximate surface area is 278 Å². The number of methoxy groups -OCH3 is 2. The molecule has 0 saturated heterocycles. The predicted octanol–water partition coefficient (Wildman–Crippen LogP) is 5.10. The van der Waals surface area contributed by atoms with Crippen LogP contribution < -0.4 is 9.47 Å². The number of hydrogen-bond donors (Lipinski definition) is 3. The van der Waals surface area contributed by atoms with Gasteiger partial charge in [0.25, 0.3) is 0 Å². The minimum Gasteiger partial charge on any atom is -0.508 e. The van der Waals surface area contributed by atoms with Crippen molar-refractivity contribution >= 4 is 48.4 Å². The van der Waals surface area contributed by atoms with Crippen LogP contribution in [0, 0.1) is 0 Å². The molecule has 3 aromatic carbocycles. The van der Waals surface area contributed by atoms with E-state index in [9.17, 15) is 44.1 Å². The highest BCUT2D eigenvalue weighted by molar-refractivity contribution is 6.02. The summed E-state index contributed by atoms with van der Waals surface area (Å²) in [5.74, 6) is 0.345. The Bertz CT molecular complexity index is 1670. The molecule has 0 bridgehead atoms. The Balaban J connectivity index is 0.000000494. The summed E-state index contributed by atoms with van der Waals surface area (Å²) in [5.41, 5.74) is 3.51. The molecule has 11 heteroatoms. The quantitative estimate of drug-likeness (QED) is 0.0689. The van der Waals surface area contributed by atoms with Crippen molar-refractivity contribution in [3.8, 4) is 11.5 Å². The van der Waals surface area contributed by atoms with Crippen LogP contribution in [0.2, 0.25) is 0 Å². The van der Waals surface area contributed by atoms with Crippen LogP contribution in [0.4, 0.5) is 0 Å². The Kier molecular flexibility index (Phi) is 18.3. The fourth-order valence-electron chi connectivity index (χ4n) is 3.84. The van der Waals surface area contributed by atoms with E-state index >= 15 is 0 Å². The topological polar surface area (TPSA) is 182 Å². The molecule has 0 radical (unpaired) electrons. The first-order chi connectivity index (χ1) is 22.9. The summed E-state index contributed by atoms with van der Waals surface area (Å²) in [6.45, 7) is 2.41. The van der Waals surface area contributed by atoms with Gasteiger partial charge in [0, 0.05) is 22.8 Å². The first-order valence-electron chi connectivity index (χ1n) is 14.3. The van der Waals surface area contributed by atoms with E-state index in [1.165, 1.54) is 51.3 Å². The average molecular weight is 659 g/mol. The maximum Gasteiger partial charge on any atom is 0.182 e. The maximum absolute atomic E-state index is 12.0. The number of rotatable bonds is 14. The first kappa shape index (κ1) is 40.2. The van der Waals surface area contributed by atoms with Crippen molar-refractivity contribution in [3.05, 3.63) is 118 Å². The molecule has 0 spiro atoms. The number of ketones is 3. The summed E-state index contributed by atoms with van der Waals surface area (Å²) in [5, 5.41) is 28.4. The third kappa shape index (κ3) is 14.5. The van der Waals surface area contributed by atoms with Gasteiger partial charge >= 0.3 is 0 Å². The van der Waals surface area contributed by atoms with Gasteiger partial charge in [-0.05, 0) is 78.6 Å². The molecule has 3 rings (SSSR count). The van der Waals surface area contributed by atoms with Crippen molar-refractivity contribution in [2.24, 2.45) is 0 Å². The van der Waals surface area contributed by atoms with Crippen molar-refractivity contribution in [2.45, 2.75) is 33.5 Å². The third-order valence-electron chi connectivity index (χ3n) is 6.15. The highest BCUT2D eigenvalue weighted by Gasteiger charge is 2.04. The van der Waals surface area contributed by atoms with Gasteiger partial charge in [0.1, 0.15) is 23.6 Å². The van der Waals surface area contributed by atoms with Gasteiger partial charge in [0.05, 0.1) is 33.9 Å². The smallest absolute Gasteiger partial charge is 0.182 e. The van der Waals surface area contributed by atoms with Crippen molar-refractivity contribution in [2.75, 3.05) is 14.2 Å². The highest BCUT2D eigenvalue weighted by atomic mass is 16.5. The molecule has 11 nitrogen and oxygen atoms in total. The second kappa shape index (κ2) is 21.9. The largest absolute Gasteiger partial charge is 0.508 e. The second-order valence-corrected chi connectivity index (χ2v) is 9.92. The van der Waals surface area contributed by atoms with Crippen LogP contribution in [0.1, 0.15) is 73.6 Å². The molecule has 0 aliphatic rings. The van der Waals surface area contributed by atoms with E-state index in [0.717, 1.165) is 12.4 Å². The van der Waals surface area contributed by atoms with Crippen LogP contribution in [0.5, 0.6) is 11.5 Å². The molecule has 3 N–H and O–H groups in total. The number of aldehydes is 3. The van der Waals surface area contributed by atoms with E-state index < -0.39 is 5.78 Å². The Morgan fingerprint density at radius 3 is 1.73 bits per heavy atom. The van der Waals surface area contributed by atoms with Crippen LogP contribution >= 0.6 is 0 Å². The molecule has 252 valence electrons. The zero-order chi connectivity index (χ0) is 36.1. The SMILES string of the molecule is CC(=O)CC(C)=O.COc1ccc(C=O)cc1OC.O=Cc1ccc(/C=C/C(=O)C=C(O)/C=C/c2ccc(CO)c(CO)c2)cc1C=O. The fraction of sp³-hybridized carbons (Fsp3) is 0.189. The van der Waals surface area contributed by atoms with Crippen molar-refractivity contribution in [1.29, 1.82) is 0 Å². The molecule has 0 amide bonds. The number of hydrogen-bond acceptors (Lipinski definition) is 11. The number of allylic oxidation sites excluding steroid dienone is 3. The van der Waals surface area contributed by atoms with E-state index in [-0.39, 0.29) is 48.1 Å². The first-order valence-corrected chi connectivity index (χ1v) is 14.3. The molecule has 48 heavy (non-hydrogen) atoms. The van der Waals surface area contributed by atoms with Gasteiger partial charge in [-0.25, -0.2) is 0 Å². The number of carbonyl (C=O) groups is 6. The molecular formula is C37H38O11. The maximum atomic E-state index is 12.0. The van der Waals surface area contributed by atoms with Crippen molar-refractivity contribution in [1.82, 2.24) is 0 Å². The van der Waals surface area contributed by atoms with Crippen molar-refractivity contribution < 1.29 is 53.6 Å². The monoisotopic (exact) mass is 658 g/mol. The number of ether oxygens (including phenoxy) is 2. The lowest BCUT2D eigenvalue weighted by Gasteiger charge is -2.06. The fourth-order valence-corrected chi connectivity index (χ4v) is 3.84. The lowest BCUT2D eigenvalue weighted by Crippen LogP contribution is -1.97. The van der Waals surface area contributed by atoms with E-state index in [1.807, 2.05) is 0 Å². The molecule has 0 aliphatic carbocycles. The summed E-state index contributed by atoms with van der Waals surface area (Å²) in [4.78, 5) is 64.2. The Morgan fingerprint density at radius 1 is 0.646 bits per heavy atom. The number of Topliss-reactive ketones (excluding diaryl/α,β-unsaturated/α-hetero) is 2. The summed E-state index contributed by atoms with van der Waals surface area (Å²) in [7, 11) is 3.09. The summed E-state index contributed by atoms with van der Waals surface area (Å²) in [6.07, 6.45) is 8.63. The minimum atomic E-state index is -0.467. The number of carbonyl (C=O) groups excluding carboxylic acids is 6. The third-order valence-corrected chi connectivity index (χ3v) is 6.15. The molecule has 0 saturated carbocycles. The van der Waals surface area contributed by atoms with Gasteiger partial charge in [0.2, 0.25) is 0 Å². The summed E-state index contributed by atoms with van der Waals surface area (Å²) in [6, 6.07) is 14.6. The zero-order valence-electron chi connectivity index (χ0n) is 27.0. The average Bonchev–Trinajstić information content (AvgIpc) is 3.09. The van der Waals surface area contributed by atoms with Crippen LogP contribution in [0.25, 0.3) is 12.2 Å². The van der Waals surface area contributed by atoms with Crippen LogP contribution in [-0.4, -0.2) is 65.7 Å². The molecule has 3 aromatic rings. The number of aliphatic hydroxyl groups is 3. The standard InChI is InChI=1S/C23H20O6.C9H10O3.C5H8O2/c24-12-18-5-1-16(9-20(18)14-26)3-7-22(28)11-23(29)8-4-17-2-6-19(13-25)21(10-17)15-27;1-11-8-4-3-7(6-10)5-9(8)12-2;1-4(6)3-5(2)7/h1-12,14,25,27,29H,13,15H2;3-6H,1-2H3;3H2,1-2H3/b7-3+,8-4+,23-11?;;. The summed E-state index contributed by atoms with van der Waals surface area (Å²) < 4.78 is 9.99. The zero-order valence-corrected chi connectivity index (χ0v) is 27.0. The minimum absolute atomic E-state index is 0.0625. The number of aliphatic hydroxyl groups excluding tert-OH is 3. The van der Waals surface area contributed by atoms with Gasteiger partial charge in [-0.2, -0.15) is 0 Å². The molecule has 0 fully saturated rings. The van der Waals surface area contributed by atoms with E-state index in [0.29, 0.717) is 51.9 Å². The number of benzene rings is 3. The normalized spacial score (nSPS) is 10.7. The van der Waals surface area contributed by atoms with Gasteiger partial charge in [0.15, 0.2) is 29.9 Å². The lowest BCUT2D eigenvalue weighted by molar-refractivity contribution is -0.124. The summed E-state index contributed by atoms with van der Waals surface area (Å²) >= 11 is 0. The molecule has 0 atom stereocenters. The highest BCUT2D eigenvalue weighted by Crippen LogP contribution is 2.26. The second-order valence-electron chi connectivity index (χ2n) is 9.92. The molecule has 0 aromatic heterocycles. The molecular weight excluding hydrogens is 620 g/mol. The van der Waals surface area contributed by atoms with Gasteiger partial charge in [-0.15, -0.1) is 0 Å². The van der Waals surface area contributed by atoms with Gasteiger partial charge < -0.3 is 24.8 Å². The Hall–Kier alpha value is -5.78. The predicted molar refractivity (Wildman–Crippen MR) is 180 cm³/mol. The lowest BCUT2D eigenvalue weighted by atomic mass is 10.0. The Morgan fingerprint density at radius 2 is 1.21 bits per heavy atom. The van der Waals surface area contributed by atoms with E-state index in [2.05, 4.69) is 0 Å². The molecule has 0 aliphatic heterocycles. The molecule has 0 unspecified atom stereocenters. The van der Waals surface area contributed by atoms with Crippen LogP contribution in [0.15, 0.2) is 78.6 Å².